The number of carboxylic acids is 1. The van der Waals surface area contributed by atoms with Gasteiger partial charge in [-0.1, -0.05) is 53.7 Å². The van der Waals surface area contributed by atoms with Crippen molar-refractivity contribution in [2.24, 2.45) is 0 Å². The molecule has 188 valence electrons. The Balaban J connectivity index is 0.00000210. The predicted molar refractivity (Wildman–Crippen MR) is 125 cm³/mol. The predicted octanol–water partition coefficient (Wildman–Crippen LogP) is 3.29. The number of aromatic nitrogens is 4. The van der Waals surface area contributed by atoms with Crippen LogP contribution in [-0.2, 0) is 12.7 Å². The number of hydrogen-bond donors (Lipinski definition) is 1. The Bertz CT molecular complexity index is 1600. The topological polar surface area (TPSA) is 94.0 Å². The van der Waals surface area contributed by atoms with Crippen LogP contribution in [0.15, 0.2) is 83.5 Å². The molecule has 5 rings (SSSR count). The summed E-state index contributed by atoms with van der Waals surface area (Å²) in [5.41, 5.74) is -0.124. The van der Waals surface area contributed by atoms with Crippen molar-refractivity contribution in [2.75, 3.05) is 0 Å². The van der Waals surface area contributed by atoms with Crippen molar-refractivity contribution in [1.82, 2.24) is 19.9 Å². The Labute approximate surface area is 236 Å². The molecule has 2 aromatic heterocycles. The van der Waals surface area contributed by atoms with Crippen LogP contribution in [0, 0.1) is 5.82 Å². The first-order valence-electron chi connectivity index (χ1n) is 10.9. The summed E-state index contributed by atoms with van der Waals surface area (Å²) < 4.78 is 62.4. The number of nitrogens with zero attached hydrogens (tertiary/aromatic N) is 4. The summed E-state index contributed by atoms with van der Waals surface area (Å²) in [5, 5.41) is 16.8. The van der Waals surface area contributed by atoms with Crippen molar-refractivity contribution in [3.63, 3.8) is 0 Å². The molecule has 0 bridgehead atoms. The molecule has 5 aromatic rings. The first kappa shape index (κ1) is 27.2. The zero-order valence-electron chi connectivity index (χ0n) is 20.8. The van der Waals surface area contributed by atoms with Crippen LogP contribution < -0.4 is 29.6 Å². The van der Waals surface area contributed by atoms with Gasteiger partial charge in [-0.05, 0) is 35.4 Å². The minimum absolute atomic E-state index is 0. The average Bonchev–Trinajstić information content (AvgIpc) is 3.55. The molecule has 38 heavy (non-hydrogen) atoms. The average molecular weight is 532 g/mol. The largest absolute Gasteiger partial charge is 1.00 e. The monoisotopic (exact) mass is 532 g/mol. The van der Waals surface area contributed by atoms with Gasteiger partial charge in [-0.3, -0.25) is 4.68 Å². The fourth-order valence-corrected chi connectivity index (χ4v) is 3.79. The van der Waals surface area contributed by atoms with E-state index in [4.69, 9.17) is 9.63 Å². The van der Waals surface area contributed by atoms with Crippen LogP contribution in [0.2, 0.25) is 0 Å². The van der Waals surface area contributed by atoms with E-state index in [0.717, 1.165) is 17.7 Å². The minimum atomic E-state index is -4.74. The van der Waals surface area contributed by atoms with E-state index in [1.807, 2.05) is 0 Å². The second-order valence-corrected chi connectivity index (χ2v) is 8.06. The third-order valence-corrected chi connectivity index (χ3v) is 5.58. The van der Waals surface area contributed by atoms with Gasteiger partial charge >= 0.3 is 41.7 Å². The summed E-state index contributed by atoms with van der Waals surface area (Å²) in [7, 11) is 0. The Morgan fingerprint density at radius 1 is 0.974 bits per heavy atom. The molecule has 0 spiro atoms. The van der Waals surface area contributed by atoms with Crippen LogP contribution in [0.3, 0.4) is 0 Å². The van der Waals surface area contributed by atoms with Gasteiger partial charge in [-0.25, -0.2) is 9.18 Å². The Kier molecular flexibility index (Phi) is 7.81. The molecule has 0 fully saturated rings. The molecule has 0 unspecified atom stereocenters. The Morgan fingerprint density at radius 3 is 2.34 bits per heavy atom. The molecule has 0 aliphatic rings. The maximum Gasteiger partial charge on any atom is 1.00 e. The van der Waals surface area contributed by atoms with Crippen LogP contribution >= 0.6 is 0 Å². The number of benzene rings is 3. The van der Waals surface area contributed by atoms with E-state index in [9.17, 15) is 22.4 Å². The molecular weight excluding hydrogens is 515 g/mol. The van der Waals surface area contributed by atoms with Gasteiger partial charge in [-0.2, -0.15) is 23.3 Å². The molecule has 0 saturated carbocycles. The molecule has 0 radical (unpaired) electrons. The maximum atomic E-state index is 14.2. The van der Waals surface area contributed by atoms with E-state index in [2.05, 4.69) is 15.2 Å². The summed E-state index contributed by atoms with van der Waals surface area (Å²) in [4.78, 5) is 15.2. The number of alkyl halides is 3. The number of rotatable bonds is 6. The second-order valence-electron chi connectivity index (χ2n) is 8.06. The van der Waals surface area contributed by atoms with Gasteiger partial charge in [0.25, 0.3) is 5.89 Å². The normalized spacial score (nSPS) is 11.3. The molecular formula is C26H17F4N4NaO3. The number of carboxylic acid groups (broad SMARTS) is 1. The quantitative estimate of drug-likeness (QED) is 0.267. The molecule has 3 aromatic carbocycles. The van der Waals surface area contributed by atoms with Gasteiger partial charge in [0.15, 0.2) is 5.69 Å². The molecule has 7 nitrogen and oxygen atoms in total. The van der Waals surface area contributed by atoms with E-state index in [0.29, 0.717) is 12.1 Å². The summed E-state index contributed by atoms with van der Waals surface area (Å²) >= 11 is 0. The molecule has 2 heterocycles. The van der Waals surface area contributed by atoms with Gasteiger partial charge in [0.1, 0.15) is 5.82 Å². The smallest absolute Gasteiger partial charge is 1.00 e. The van der Waals surface area contributed by atoms with Crippen molar-refractivity contribution in [1.29, 1.82) is 0 Å². The fraction of sp³-hybridized carbons (Fsp3) is 0.0769. The van der Waals surface area contributed by atoms with E-state index in [1.54, 1.807) is 30.5 Å². The maximum absolute atomic E-state index is 14.2. The minimum Gasteiger partial charge on any atom is -1.00 e. The molecule has 0 amide bonds. The first-order valence-corrected chi connectivity index (χ1v) is 10.9. The summed E-state index contributed by atoms with van der Waals surface area (Å²) in [6, 6.07) is 17.0. The standard InChI is InChI=1S/C26H16F4N4O3.Na.H/c27-21-4-2-1-3-19(21)18-10-9-17(13-20(18)26(28,29)30)24-31-23(33-37-24)16-7-5-15(6-8-16)14-34-12-11-22(32-34)25(35)36;;/h1-13H,14H2,(H,35,36);;/q;+1;-1. The third-order valence-electron chi connectivity index (χ3n) is 5.58. The van der Waals surface area contributed by atoms with Crippen LogP contribution in [-0.4, -0.2) is 31.0 Å². The molecule has 0 aliphatic heterocycles. The van der Waals surface area contributed by atoms with Crippen molar-refractivity contribution < 1.29 is 63.0 Å². The molecule has 0 aliphatic carbocycles. The van der Waals surface area contributed by atoms with E-state index in [-0.39, 0.29) is 65.1 Å². The number of hydrogen-bond acceptors (Lipinski definition) is 5. The summed E-state index contributed by atoms with van der Waals surface area (Å²) in [6.07, 6.45) is -3.19. The molecule has 0 atom stereocenters. The van der Waals surface area contributed by atoms with Crippen molar-refractivity contribution in [3.8, 4) is 34.0 Å². The van der Waals surface area contributed by atoms with Gasteiger partial charge < -0.3 is 11.1 Å². The zero-order valence-corrected chi connectivity index (χ0v) is 21.8. The second kappa shape index (κ2) is 10.9. The van der Waals surface area contributed by atoms with Crippen molar-refractivity contribution in [3.05, 3.63) is 102 Å². The Hall–Kier alpha value is -3.80. The van der Waals surface area contributed by atoms with Crippen molar-refractivity contribution >= 4 is 5.97 Å². The first-order chi connectivity index (χ1) is 17.7. The Morgan fingerprint density at radius 2 is 1.68 bits per heavy atom. The van der Waals surface area contributed by atoms with E-state index in [1.165, 1.54) is 41.1 Å². The van der Waals surface area contributed by atoms with E-state index < -0.39 is 23.5 Å². The van der Waals surface area contributed by atoms with Gasteiger partial charge in [0.05, 0.1) is 12.1 Å². The van der Waals surface area contributed by atoms with Gasteiger partial charge in [0.2, 0.25) is 5.82 Å². The van der Waals surface area contributed by atoms with Gasteiger partial charge in [-0.15, -0.1) is 0 Å². The summed E-state index contributed by atoms with van der Waals surface area (Å²) in [5.74, 6) is -1.84. The third kappa shape index (κ3) is 5.69. The van der Waals surface area contributed by atoms with Crippen LogP contribution in [0.25, 0.3) is 34.0 Å². The summed E-state index contributed by atoms with van der Waals surface area (Å²) in [6.45, 7) is 0.333. The number of halogens is 4. The van der Waals surface area contributed by atoms with Crippen LogP contribution in [0.5, 0.6) is 0 Å². The van der Waals surface area contributed by atoms with Gasteiger partial charge in [0, 0.05) is 22.9 Å². The number of carbonyl (C=O) groups is 1. The fourth-order valence-electron chi connectivity index (χ4n) is 3.79. The molecule has 0 saturated heterocycles. The zero-order chi connectivity index (χ0) is 26.2. The molecule has 12 heteroatoms. The van der Waals surface area contributed by atoms with E-state index >= 15 is 0 Å². The van der Waals surface area contributed by atoms with Crippen molar-refractivity contribution in [2.45, 2.75) is 12.7 Å². The van der Waals surface area contributed by atoms with Crippen LogP contribution in [0.4, 0.5) is 17.6 Å². The van der Waals surface area contributed by atoms with Crippen LogP contribution in [0.1, 0.15) is 23.0 Å². The molecule has 1 N–H and O–H groups in total. The SMILES string of the molecule is O=C(O)c1ccn(Cc2ccc(-c3noc(-c4ccc(-c5ccccc5F)c(C(F)(F)F)c4)n3)cc2)n1.[H-].[Na+]. The number of aromatic carboxylic acids is 1.